The first-order valence-electron chi connectivity index (χ1n) is 7.75. The van der Waals surface area contributed by atoms with Crippen LogP contribution in [0.5, 0.6) is 0 Å². The topological polar surface area (TPSA) is 70.4 Å². The highest BCUT2D eigenvalue weighted by Gasteiger charge is 2.32. The first kappa shape index (κ1) is 20.5. The normalized spacial score (nSPS) is 16.3. The standard InChI is InChI=1S/C17H13Cl2F3N4OS/c18-10-2-1-3-11(19)14(10)25-16-26(6-7-28-16)15(27)24-13-8-9(17(20,21)22)4-5-12(13)23/h1-8,16,25H,23H2,(H,24,27). The van der Waals surface area contributed by atoms with Crippen molar-refractivity contribution in [2.45, 2.75) is 11.7 Å². The second kappa shape index (κ2) is 8.02. The van der Waals surface area contributed by atoms with Gasteiger partial charge in [0, 0.05) is 6.20 Å². The zero-order valence-electron chi connectivity index (χ0n) is 13.9. The highest BCUT2D eigenvalue weighted by Crippen LogP contribution is 2.36. The van der Waals surface area contributed by atoms with Crippen LogP contribution in [0.1, 0.15) is 5.56 Å². The van der Waals surface area contributed by atoms with Crippen LogP contribution in [-0.2, 0) is 6.18 Å². The molecule has 1 aliphatic heterocycles. The fourth-order valence-corrected chi connectivity index (χ4v) is 3.72. The Bertz CT molecular complexity index is 919. The van der Waals surface area contributed by atoms with Crippen molar-refractivity contribution in [3.63, 3.8) is 0 Å². The molecule has 2 amide bonds. The monoisotopic (exact) mass is 448 g/mol. The molecule has 1 heterocycles. The Morgan fingerprint density at radius 3 is 2.50 bits per heavy atom. The summed E-state index contributed by atoms with van der Waals surface area (Å²) in [5.74, 6) is 0. The number of anilines is 3. The summed E-state index contributed by atoms with van der Waals surface area (Å²) in [4.78, 5) is 13.9. The predicted octanol–water partition coefficient (Wildman–Crippen LogP) is 6.04. The van der Waals surface area contributed by atoms with Crippen LogP contribution in [0, 0.1) is 0 Å². The third kappa shape index (κ3) is 4.43. The molecule has 0 aliphatic carbocycles. The number of rotatable bonds is 3. The van der Waals surface area contributed by atoms with E-state index < -0.39 is 23.3 Å². The number of hydrogen-bond acceptors (Lipinski definition) is 4. The van der Waals surface area contributed by atoms with Crippen molar-refractivity contribution in [2.75, 3.05) is 16.4 Å². The van der Waals surface area contributed by atoms with E-state index in [1.54, 1.807) is 23.6 Å². The number of nitrogens with zero attached hydrogens (tertiary/aromatic N) is 1. The minimum atomic E-state index is -4.55. The third-order valence-electron chi connectivity index (χ3n) is 3.77. The van der Waals surface area contributed by atoms with Crippen molar-refractivity contribution in [3.8, 4) is 0 Å². The second-order valence-corrected chi connectivity index (χ2v) is 7.46. The van der Waals surface area contributed by atoms with Gasteiger partial charge in [-0.2, -0.15) is 13.2 Å². The van der Waals surface area contributed by atoms with Crippen molar-refractivity contribution in [3.05, 3.63) is 63.6 Å². The highest BCUT2D eigenvalue weighted by atomic mass is 35.5. The minimum absolute atomic E-state index is 0.0100. The largest absolute Gasteiger partial charge is 0.416 e. The number of alkyl halides is 3. The van der Waals surface area contributed by atoms with Gasteiger partial charge in [0.2, 0.25) is 0 Å². The average Bonchev–Trinajstić information content (AvgIpc) is 3.07. The van der Waals surface area contributed by atoms with Gasteiger partial charge in [-0.3, -0.25) is 4.90 Å². The van der Waals surface area contributed by atoms with Crippen molar-refractivity contribution in [2.24, 2.45) is 0 Å². The number of hydrogen-bond donors (Lipinski definition) is 3. The van der Waals surface area contributed by atoms with Crippen LogP contribution in [0.2, 0.25) is 10.0 Å². The molecule has 0 saturated heterocycles. The van der Waals surface area contributed by atoms with Gasteiger partial charge in [-0.15, -0.1) is 0 Å². The van der Waals surface area contributed by atoms with Crippen LogP contribution in [0.3, 0.4) is 0 Å². The van der Waals surface area contributed by atoms with Crippen LogP contribution in [0.4, 0.5) is 35.0 Å². The molecule has 0 bridgehead atoms. The van der Waals surface area contributed by atoms with E-state index in [2.05, 4.69) is 10.6 Å². The van der Waals surface area contributed by atoms with E-state index in [0.717, 1.165) is 18.2 Å². The molecule has 5 nitrogen and oxygen atoms in total. The number of urea groups is 1. The summed E-state index contributed by atoms with van der Waals surface area (Å²) in [5, 5.41) is 7.81. The summed E-state index contributed by atoms with van der Waals surface area (Å²) in [7, 11) is 0. The Morgan fingerprint density at radius 1 is 1.18 bits per heavy atom. The summed E-state index contributed by atoms with van der Waals surface area (Å²) in [6.45, 7) is 0. The quantitative estimate of drug-likeness (QED) is 0.500. The predicted molar refractivity (Wildman–Crippen MR) is 107 cm³/mol. The summed E-state index contributed by atoms with van der Waals surface area (Å²) >= 11 is 13.5. The van der Waals surface area contributed by atoms with E-state index in [4.69, 9.17) is 28.9 Å². The van der Waals surface area contributed by atoms with Gasteiger partial charge < -0.3 is 16.4 Å². The highest BCUT2D eigenvalue weighted by molar-refractivity contribution is 8.03. The fourth-order valence-electron chi connectivity index (χ4n) is 2.38. The number of benzene rings is 2. The maximum atomic E-state index is 12.9. The summed E-state index contributed by atoms with van der Waals surface area (Å²) < 4.78 is 38.7. The lowest BCUT2D eigenvalue weighted by Crippen LogP contribution is -2.39. The Balaban J connectivity index is 1.78. The van der Waals surface area contributed by atoms with Gasteiger partial charge in [0.1, 0.15) is 0 Å². The van der Waals surface area contributed by atoms with E-state index >= 15 is 0 Å². The first-order chi connectivity index (χ1) is 13.2. The number of carbonyl (C=O) groups is 1. The molecule has 11 heteroatoms. The maximum Gasteiger partial charge on any atom is 0.416 e. The second-order valence-electron chi connectivity index (χ2n) is 5.65. The van der Waals surface area contributed by atoms with Crippen molar-refractivity contribution in [1.29, 1.82) is 0 Å². The number of thioether (sulfide) groups is 1. The summed E-state index contributed by atoms with van der Waals surface area (Å²) in [6.07, 6.45) is -3.08. The molecule has 4 N–H and O–H groups in total. The van der Waals surface area contributed by atoms with Crippen LogP contribution in [0.25, 0.3) is 0 Å². The number of amides is 2. The lowest BCUT2D eigenvalue weighted by atomic mass is 10.1. The SMILES string of the molecule is Nc1ccc(C(F)(F)F)cc1NC(=O)N1C=CSC1Nc1c(Cl)cccc1Cl. The lowest BCUT2D eigenvalue weighted by Gasteiger charge is -2.26. The molecule has 2 aromatic rings. The molecular formula is C17H13Cl2F3N4OS. The zero-order valence-corrected chi connectivity index (χ0v) is 16.3. The molecule has 148 valence electrons. The molecular weight excluding hydrogens is 436 g/mol. The van der Waals surface area contributed by atoms with Gasteiger partial charge in [-0.25, -0.2) is 4.79 Å². The minimum Gasteiger partial charge on any atom is -0.397 e. The molecule has 2 aromatic carbocycles. The maximum absolute atomic E-state index is 12.9. The fraction of sp³-hybridized carbons (Fsp3) is 0.118. The van der Waals surface area contributed by atoms with Gasteiger partial charge in [-0.05, 0) is 35.7 Å². The molecule has 28 heavy (non-hydrogen) atoms. The smallest absolute Gasteiger partial charge is 0.397 e. The molecule has 1 atom stereocenters. The Labute approximate surface area is 172 Å². The molecule has 0 saturated carbocycles. The molecule has 0 radical (unpaired) electrons. The summed E-state index contributed by atoms with van der Waals surface area (Å²) in [5.41, 5.74) is 4.48. The first-order valence-corrected chi connectivity index (χ1v) is 9.45. The molecule has 0 aromatic heterocycles. The van der Waals surface area contributed by atoms with E-state index in [1.165, 1.54) is 22.9 Å². The van der Waals surface area contributed by atoms with E-state index in [1.807, 2.05) is 0 Å². The van der Waals surface area contributed by atoms with Crippen molar-refractivity contribution in [1.82, 2.24) is 4.90 Å². The Kier molecular flexibility index (Phi) is 5.87. The lowest BCUT2D eigenvalue weighted by molar-refractivity contribution is -0.137. The van der Waals surface area contributed by atoms with Crippen molar-refractivity contribution >= 4 is 58.1 Å². The molecule has 3 rings (SSSR count). The number of carbonyl (C=O) groups excluding carboxylic acids is 1. The van der Waals surface area contributed by atoms with E-state index in [0.29, 0.717) is 15.7 Å². The number of para-hydroxylation sites is 1. The molecule has 0 spiro atoms. The van der Waals surface area contributed by atoms with Gasteiger partial charge in [0.05, 0.1) is 32.7 Å². The summed E-state index contributed by atoms with van der Waals surface area (Å²) in [6, 6.07) is 7.00. The molecule has 1 aliphatic rings. The van der Waals surface area contributed by atoms with Crippen LogP contribution >= 0.6 is 35.0 Å². The van der Waals surface area contributed by atoms with Crippen LogP contribution in [0.15, 0.2) is 48.0 Å². The van der Waals surface area contributed by atoms with Crippen molar-refractivity contribution < 1.29 is 18.0 Å². The van der Waals surface area contributed by atoms with Gasteiger partial charge in [0.15, 0.2) is 5.50 Å². The van der Waals surface area contributed by atoms with E-state index in [-0.39, 0.29) is 11.4 Å². The van der Waals surface area contributed by atoms with Gasteiger partial charge in [-0.1, -0.05) is 41.0 Å². The molecule has 1 unspecified atom stereocenters. The zero-order chi connectivity index (χ0) is 20.5. The van der Waals surface area contributed by atoms with Gasteiger partial charge >= 0.3 is 12.2 Å². The number of nitrogen functional groups attached to an aromatic ring is 1. The van der Waals surface area contributed by atoms with Crippen LogP contribution < -0.4 is 16.4 Å². The van der Waals surface area contributed by atoms with E-state index in [9.17, 15) is 18.0 Å². The molecule has 0 fully saturated rings. The average molecular weight is 449 g/mol. The van der Waals surface area contributed by atoms with Crippen LogP contribution in [-0.4, -0.2) is 16.4 Å². The Morgan fingerprint density at radius 2 is 1.86 bits per heavy atom. The number of nitrogens with one attached hydrogen (secondary N) is 2. The van der Waals surface area contributed by atoms with Gasteiger partial charge in [0.25, 0.3) is 0 Å². The third-order valence-corrected chi connectivity index (χ3v) is 5.28. The number of halogens is 5. The Hall–Kier alpha value is -2.23. The number of nitrogens with two attached hydrogens (primary N) is 1.